The van der Waals surface area contributed by atoms with Crippen LogP contribution in [0.25, 0.3) is 0 Å². The van der Waals surface area contributed by atoms with Gasteiger partial charge in [-0.1, -0.05) is 30.3 Å². The molecule has 1 aliphatic heterocycles. The topological polar surface area (TPSA) is 75.6 Å². The summed E-state index contributed by atoms with van der Waals surface area (Å²) in [5.41, 5.74) is 3.26. The van der Waals surface area contributed by atoms with E-state index < -0.39 is 12.0 Å². The molecule has 0 saturated heterocycles. The molecule has 31 heavy (non-hydrogen) atoms. The SMILES string of the molecule is CC(NC(=O)c1c(Cc2ccc(F)cc2)sc2c1CCOC2)c1ccccc1C(=O)O. The van der Waals surface area contributed by atoms with Crippen molar-refractivity contribution in [2.24, 2.45) is 0 Å². The smallest absolute Gasteiger partial charge is 0.336 e. The molecular weight excluding hydrogens is 417 g/mol. The van der Waals surface area contributed by atoms with Gasteiger partial charge in [0.15, 0.2) is 0 Å². The van der Waals surface area contributed by atoms with E-state index in [0.29, 0.717) is 37.2 Å². The molecule has 1 amide bonds. The summed E-state index contributed by atoms with van der Waals surface area (Å²) in [6, 6.07) is 12.5. The average Bonchev–Trinajstić information content (AvgIpc) is 3.13. The van der Waals surface area contributed by atoms with Crippen molar-refractivity contribution in [1.82, 2.24) is 5.32 Å². The Bertz CT molecular complexity index is 1120. The quantitative estimate of drug-likeness (QED) is 0.582. The van der Waals surface area contributed by atoms with E-state index in [9.17, 15) is 19.1 Å². The highest BCUT2D eigenvalue weighted by Gasteiger charge is 2.27. The normalized spacial score (nSPS) is 14.0. The third-order valence-corrected chi connectivity index (χ3v) is 6.61. The van der Waals surface area contributed by atoms with Crippen LogP contribution in [0, 0.1) is 5.82 Å². The van der Waals surface area contributed by atoms with Gasteiger partial charge in [0.25, 0.3) is 5.91 Å². The van der Waals surface area contributed by atoms with Crippen molar-refractivity contribution in [2.45, 2.75) is 32.4 Å². The van der Waals surface area contributed by atoms with Gasteiger partial charge < -0.3 is 15.2 Å². The number of ether oxygens (including phenoxy) is 1. The molecule has 2 aromatic carbocycles. The Morgan fingerprint density at radius 3 is 2.68 bits per heavy atom. The Kier molecular flexibility index (Phi) is 6.15. The summed E-state index contributed by atoms with van der Waals surface area (Å²) < 4.78 is 18.9. The monoisotopic (exact) mass is 439 g/mol. The number of nitrogens with one attached hydrogen (secondary N) is 1. The zero-order valence-electron chi connectivity index (χ0n) is 17.0. The van der Waals surface area contributed by atoms with Crippen LogP contribution in [0.1, 0.15) is 60.1 Å². The molecule has 0 radical (unpaired) electrons. The van der Waals surface area contributed by atoms with Crippen LogP contribution in [0.2, 0.25) is 0 Å². The highest BCUT2D eigenvalue weighted by Crippen LogP contribution is 2.34. The molecule has 2 N–H and O–H groups in total. The first-order valence-electron chi connectivity index (χ1n) is 10.0. The van der Waals surface area contributed by atoms with E-state index in [1.807, 2.05) is 0 Å². The van der Waals surface area contributed by atoms with Gasteiger partial charge in [-0.2, -0.15) is 0 Å². The predicted octanol–water partition coefficient (Wildman–Crippen LogP) is 4.74. The summed E-state index contributed by atoms with van der Waals surface area (Å²) in [5, 5.41) is 12.4. The number of hydrogen-bond acceptors (Lipinski definition) is 4. The maximum Gasteiger partial charge on any atom is 0.336 e. The van der Waals surface area contributed by atoms with Gasteiger partial charge in [-0.3, -0.25) is 4.79 Å². The molecule has 1 aliphatic rings. The summed E-state index contributed by atoms with van der Waals surface area (Å²) >= 11 is 1.55. The van der Waals surface area contributed by atoms with Crippen LogP contribution in [0.3, 0.4) is 0 Å². The minimum atomic E-state index is -1.03. The second-order valence-electron chi connectivity index (χ2n) is 7.50. The predicted molar refractivity (Wildman–Crippen MR) is 116 cm³/mol. The van der Waals surface area contributed by atoms with Gasteiger partial charge in [0.2, 0.25) is 0 Å². The molecule has 3 aromatic rings. The van der Waals surface area contributed by atoms with Crippen molar-refractivity contribution in [1.29, 1.82) is 0 Å². The number of carboxylic acids is 1. The van der Waals surface area contributed by atoms with Crippen LogP contribution in [0.5, 0.6) is 0 Å². The summed E-state index contributed by atoms with van der Waals surface area (Å²) in [6.45, 7) is 2.81. The van der Waals surface area contributed by atoms with Gasteiger partial charge in [-0.15, -0.1) is 11.3 Å². The molecule has 5 nitrogen and oxygen atoms in total. The Balaban J connectivity index is 1.65. The maximum atomic E-state index is 13.4. The number of benzene rings is 2. The molecule has 0 saturated carbocycles. The van der Waals surface area contributed by atoms with Crippen molar-refractivity contribution in [2.75, 3.05) is 6.61 Å². The number of amides is 1. The minimum absolute atomic E-state index is 0.169. The van der Waals surface area contributed by atoms with Crippen molar-refractivity contribution >= 4 is 23.2 Å². The number of fused-ring (bicyclic) bond motifs is 1. The summed E-state index contributed by atoms with van der Waals surface area (Å²) in [5.74, 6) is -1.56. The molecule has 1 atom stereocenters. The Hall–Kier alpha value is -3.03. The number of rotatable bonds is 6. The van der Waals surface area contributed by atoms with E-state index in [4.69, 9.17) is 4.74 Å². The van der Waals surface area contributed by atoms with Gasteiger partial charge in [-0.05, 0) is 48.2 Å². The molecular formula is C24H22FNO4S. The molecule has 0 fully saturated rings. The van der Waals surface area contributed by atoms with E-state index in [1.165, 1.54) is 18.2 Å². The molecule has 4 rings (SSSR count). The van der Waals surface area contributed by atoms with Crippen LogP contribution in [0.4, 0.5) is 4.39 Å². The summed E-state index contributed by atoms with van der Waals surface area (Å²) in [6.07, 6.45) is 1.17. The van der Waals surface area contributed by atoms with Crippen molar-refractivity contribution in [3.63, 3.8) is 0 Å². The Labute approximate surface area is 183 Å². The molecule has 160 valence electrons. The molecule has 2 heterocycles. The number of carboxylic acid groups (broad SMARTS) is 1. The van der Waals surface area contributed by atoms with Gasteiger partial charge in [0.1, 0.15) is 5.82 Å². The molecule has 0 aliphatic carbocycles. The first kappa shape index (κ1) is 21.2. The molecule has 1 unspecified atom stereocenters. The zero-order chi connectivity index (χ0) is 22.0. The number of hydrogen-bond donors (Lipinski definition) is 2. The fourth-order valence-corrected chi connectivity index (χ4v) is 5.20. The Morgan fingerprint density at radius 1 is 1.19 bits per heavy atom. The van der Waals surface area contributed by atoms with E-state index in [2.05, 4.69) is 5.32 Å². The molecule has 7 heteroatoms. The number of aromatic carboxylic acids is 1. The molecule has 1 aromatic heterocycles. The van der Waals surface area contributed by atoms with E-state index in [-0.39, 0.29) is 17.3 Å². The largest absolute Gasteiger partial charge is 0.478 e. The van der Waals surface area contributed by atoms with Crippen LogP contribution in [0.15, 0.2) is 48.5 Å². The second kappa shape index (κ2) is 8.99. The minimum Gasteiger partial charge on any atom is -0.478 e. The van der Waals surface area contributed by atoms with Crippen LogP contribution in [-0.2, 0) is 24.2 Å². The molecule has 0 bridgehead atoms. The number of thiophene rings is 1. The zero-order valence-corrected chi connectivity index (χ0v) is 17.8. The first-order chi connectivity index (χ1) is 14.9. The lowest BCUT2D eigenvalue weighted by molar-refractivity contribution is 0.0693. The van der Waals surface area contributed by atoms with E-state index >= 15 is 0 Å². The summed E-state index contributed by atoms with van der Waals surface area (Å²) in [7, 11) is 0. The average molecular weight is 440 g/mol. The maximum absolute atomic E-state index is 13.4. The third-order valence-electron chi connectivity index (χ3n) is 5.40. The summed E-state index contributed by atoms with van der Waals surface area (Å²) in [4.78, 5) is 26.9. The fraction of sp³-hybridized carbons (Fsp3) is 0.250. The third kappa shape index (κ3) is 4.52. The fourth-order valence-electron chi connectivity index (χ4n) is 3.88. The van der Waals surface area contributed by atoms with Crippen molar-refractivity contribution in [3.05, 3.63) is 91.9 Å². The Morgan fingerprint density at radius 2 is 1.94 bits per heavy atom. The lowest BCUT2D eigenvalue weighted by Gasteiger charge is -2.18. The van der Waals surface area contributed by atoms with Crippen LogP contribution < -0.4 is 5.32 Å². The molecule has 0 spiro atoms. The van der Waals surface area contributed by atoms with E-state index in [0.717, 1.165) is 20.9 Å². The van der Waals surface area contributed by atoms with Gasteiger partial charge in [0, 0.05) is 16.2 Å². The van der Waals surface area contributed by atoms with Gasteiger partial charge >= 0.3 is 5.97 Å². The highest BCUT2D eigenvalue weighted by molar-refractivity contribution is 7.12. The first-order valence-corrected chi connectivity index (χ1v) is 10.8. The van der Waals surface area contributed by atoms with E-state index in [1.54, 1.807) is 48.6 Å². The van der Waals surface area contributed by atoms with Crippen LogP contribution >= 0.6 is 11.3 Å². The standard InChI is InChI=1S/C24H22FNO4S/c1-14(17-4-2-3-5-18(17)24(28)29)26-23(27)22-19-10-11-30-13-21(19)31-20(22)12-15-6-8-16(25)9-7-15/h2-9,14H,10-13H2,1H3,(H,26,27)(H,28,29). The number of carbonyl (C=O) groups excluding carboxylic acids is 1. The van der Waals surface area contributed by atoms with Gasteiger partial charge in [0.05, 0.1) is 30.4 Å². The highest BCUT2D eigenvalue weighted by atomic mass is 32.1. The second-order valence-corrected chi connectivity index (χ2v) is 8.69. The van der Waals surface area contributed by atoms with Gasteiger partial charge in [-0.25, -0.2) is 9.18 Å². The van der Waals surface area contributed by atoms with Crippen LogP contribution in [-0.4, -0.2) is 23.6 Å². The van der Waals surface area contributed by atoms with Crippen molar-refractivity contribution in [3.8, 4) is 0 Å². The van der Waals surface area contributed by atoms with Crippen molar-refractivity contribution < 1.29 is 23.8 Å². The number of carbonyl (C=O) groups is 2. The lowest BCUT2D eigenvalue weighted by Crippen LogP contribution is -2.29. The number of halogens is 1. The lowest BCUT2D eigenvalue weighted by atomic mass is 9.98.